The van der Waals surface area contributed by atoms with Crippen LogP contribution in [0, 0.1) is 27.7 Å². The molecule has 0 heterocycles. The quantitative estimate of drug-likeness (QED) is 0.122. The van der Waals surface area contributed by atoms with Crippen LogP contribution in [0.25, 0.3) is 21.9 Å². The smallest absolute Gasteiger partial charge is 0.259 e. The molecule has 1 atom stereocenters. The van der Waals surface area contributed by atoms with Gasteiger partial charge < -0.3 is 11.5 Å². The second kappa shape index (κ2) is 9.92. The molecule has 1 unspecified atom stereocenters. The number of primary sulfonamides is 1. The molecule has 0 aliphatic heterocycles. The van der Waals surface area contributed by atoms with E-state index >= 15 is 0 Å². The zero-order valence-corrected chi connectivity index (χ0v) is 25.8. The van der Waals surface area contributed by atoms with E-state index in [1.54, 1.807) is 18.2 Å². The Balaban J connectivity index is 1.83. The first-order valence-electron chi connectivity index (χ1n) is 13.6. The molecule has 6 rings (SSSR count). The Morgan fingerprint density at radius 3 is 1.74 bits per heavy atom. The van der Waals surface area contributed by atoms with E-state index in [1.165, 1.54) is 6.07 Å². The van der Waals surface area contributed by atoms with E-state index in [-0.39, 0.29) is 4.90 Å². The molecule has 220 valence electrons. The van der Waals surface area contributed by atoms with Crippen molar-refractivity contribution in [3.63, 3.8) is 0 Å². The van der Waals surface area contributed by atoms with Crippen LogP contribution in [-0.2, 0) is 26.7 Å². The minimum Gasteiger partial charge on any atom is -0.398 e. The molecule has 0 radical (unpaired) electrons. The minimum absolute atomic E-state index is 0.0244. The fourth-order valence-electron chi connectivity index (χ4n) is 6.56. The lowest BCUT2D eigenvalue weighted by Gasteiger charge is -2.35. The number of sulfonamides is 1. The molecule has 1 aliphatic carbocycles. The Bertz CT molecular complexity index is 2040. The summed E-state index contributed by atoms with van der Waals surface area (Å²) in [7, 11) is -3.93. The van der Waals surface area contributed by atoms with Crippen molar-refractivity contribution in [2.75, 3.05) is 16.2 Å². The molecule has 5 aromatic rings. The van der Waals surface area contributed by atoms with Crippen LogP contribution < -0.4 is 21.3 Å². The highest BCUT2D eigenvalue weighted by Gasteiger charge is 2.47. The van der Waals surface area contributed by atoms with Crippen LogP contribution in [0.1, 0.15) is 44.5 Å². The van der Waals surface area contributed by atoms with Crippen LogP contribution in [0.3, 0.4) is 0 Å². The number of nitrogen functional groups attached to an aromatic ring is 2. The zero-order valence-electron chi connectivity index (χ0n) is 24.1. The second-order valence-electron chi connectivity index (χ2n) is 11.4. The SMILES string of the molecule is Cc1cc(C2(c3cc(C)c(N)c(C)c3)c3ccc(NS(=O)O)cc3-c3cc4ccc(S(N)(=O)=O)cc4cc32)cc(C)c1N. The van der Waals surface area contributed by atoms with Gasteiger partial charge in [0.2, 0.25) is 10.0 Å². The number of nitrogens with two attached hydrogens (primary N) is 3. The van der Waals surface area contributed by atoms with Crippen LogP contribution >= 0.6 is 0 Å². The fraction of sp³-hybridized carbons (Fsp3) is 0.152. The van der Waals surface area contributed by atoms with Crippen molar-refractivity contribution in [1.82, 2.24) is 0 Å². The number of rotatable bonds is 5. The highest BCUT2D eigenvalue weighted by atomic mass is 32.2. The molecule has 0 saturated carbocycles. The highest BCUT2D eigenvalue weighted by Crippen LogP contribution is 2.58. The van der Waals surface area contributed by atoms with Crippen molar-refractivity contribution in [1.29, 1.82) is 0 Å². The minimum atomic E-state index is -3.93. The van der Waals surface area contributed by atoms with Crippen LogP contribution in [0.15, 0.2) is 77.7 Å². The summed E-state index contributed by atoms with van der Waals surface area (Å²) in [6.45, 7) is 7.94. The summed E-state index contributed by atoms with van der Waals surface area (Å²) in [4.78, 5) is 0.0244. The molecular formula is C33H32N4O4S2. The number of hydrogen-bond donors (Lipinski definition) is 5. The molecular weight excluding hydrogens is 581 g/mol. The van der Waals surface area contributed by atoms with Crippen LogP contribution in [-0.4, -0.2) is 17.2 Å². The van der Waals surface area contributed by atoms with Crippen LogP contribution in [0.4, 0.5) is 17.1 Å². The van der Waals surface area contributed by atoms with E-state index < -0.39 is 26.7 Å². The lowest BCUT2D eigenvalue weighted by molar-refractivity contribution is 0.570. The normalized spacial score (nSPS) is 14.4. The summed E-state index contributed by atoms with van der Waals surface area (Å²) >= 11 is -2.26. The van der Waals surface area contributed by atoms with Crippen molar-refractivity contribution < 1.29 is 17.2 Å². The first kappa shape index (κ1) is 28.9. The number of benzene rings is 5. The molecule has 43 heavy (non-hydrogen) atoms. The maximum atomic E-state index is 12.3. The number of hydrogen-bond acceptors (Lipinski definition) is 5. The molecule has 5 aromatic carbocycles. The largest absolute Gasteiger partial charge is 0.398 e. The lowest BCUT2D eigenvalue weighted by Crippen LogP contribution is -2.29. The highest BCUT2D eigenvalue weighted by molar-refractivity contribution is 7.89. The van der Waals surface area contributed by atoms with E-state index in [0.29, 0.717) is 22.4 Å². The third kappa shape index (κ3) is 4.49. The van der Waals surface area contributed by atoms with Gasteiger partial charge in [0.15, 0.2) is 0 Å². The first-order valence-corrected chi connectivity index (χ1v) is 16.2. The Labute approximate surface area is 253 Å². The van der Waals surface area contributed by atoms with Crippen LogP contribution in [0.5, 0.6) is 0 Å². The van der Waals surface area contributed by atoms with Gasteiger partial charge in [0.05, 0.1) is 10.3 Å². The maximum absolute atomic E-state index is 12.3. The maximum Gasteiger partial charge on any atom is 0.259 e. The van der Waals surface area contributed by atoms with Crippen molar-refractivity contribution in [2.45, 2.75) is 38.0 Å². The van der Waals surface area contributed by atoms with E-state index in [0.717, 1.165) is 61.0 Å². The van der Waals surface area contributed by atoms with Gasteiger partial charge in [-0.3, -0.25) is 9.27 Å². The number of nitrogens with one attached hydrogen (secondary N) is 1. The summed E-state index contributed by atoms with van der Waals surface area (Å²) in [5.41, 5.74) is 23.3. The van der Waals surface area contributed by atoms with Gasteiger partial charge in [-0.05, 0) is 131 Å². The predicted molar refractivity (Wildman–Crippen MR) is 175 cm³/mol. The first-order chi connectivity index (χ1) is 20.2. The van der Waals surface area contributed by atoms with Crippen molar-refractivity contribution >= 4 is 49.1 Å². The van der Waals surface area contributed by atoms with Gasteiger partial charge in [-0.1, -0.05) is 36.4 Å². The summed E-state index contributed by atoms with van der Waals surface area (Å²) in [5, 5.41) is 7.05. The van der Waals surface area contributed by atoms with Crippen molar-refractivity contribution in [2.24, 2.45) is 5.14 Å². The van der Waals surface area contributed by atoms with Crippen molar-refractivity contribution in [3.8, 4) is 11.1 Å². The summed E-state index contributed by atoms with van der Waals surface area (Å²) in [6.07, 6.45) is 0. The predicted octanol–water partition coefficient (Wildman–Crippen LogP) is 5.80. The summed E-state index contributed by atoms with van der Waals surface area (Å²) in [5.74, 6) is 0. The molecule has 8 nitrogen and oxygen atoms in total. The standard InChI is InChI=1S/C33H32N4O4S2/c1-17-9-23(10-18(2)31(17)34)33(24-11-19(3)32(35)20(4)12-24)29-8-6-25(37-42(38)39)16-28(29)27-14-21-5-7-26(43(36,40)41)13-22(21)15-30(27)33/h5-16,37H,34-35H2,1-4H3,(H,38,39)(H2,36,40,41). The van der Waals surface area contributed by atoms with Gasteiger partial charge in [-0.2, -0.15) is 0 Å². The molecule has 10 heteroatoms. The number of anilines is 3. The second-order valence-corrected chi connectivity index (χ2v) is 13.6. The van der Waals surface area contributed by atoms with Gasteiger partial charge in [0, 0.05) is 17.1 Å². The molecule has 0 spiro atoms. The molecule has 0 bridgehead atoms. The van der Waals surface area contributed by atoms with Gasteiger partial charge in [-0.15, -0.1) is 0 Å². The van der Waals surface area contributed by atoms with E-state index in [9.17, 15) is 17.2 Å². The monoisotopic (exact) mass is 612 g/mol. The van der Waals surface area contributed by atoms with Crippen LogP contribution in [0.2, 0.25) is 0 Å². The summed E-state index contributed by atoms with van der Waals surface area (Å²) < 4.78 is 48.5. The Hall–Kier alpha value is -4.22. The molecule has 8 N–H and O–H groups in total. The Kier molecular flexibility index (Phi) is 6.66. The average Bonchev–Trinajstić information content (AvgIpc) is 3.21. The van der Waals surface area contributed by atoms with Gasteiger partial charge in [-0.25, -0.2) is 17.8 Å². The van der Waals surface area contributed by atoms with E-state index in [2.05, 4.69) is 29.0 Å². The average molecular weight is 613 g/mol. The van der Waals surface area contributed by atoms with Crippen molar-refractivity contribution in [3.05, 3.63) is 117 Å². The third-order valence-electron chi connectivity index (χ3n) is 8.65. The topological polar surface area (TPSA) is 162 Å². The molecule has 0 saturated heterocycles. The molecule has 0 fully saturated rings. The Morgan fingerprint density at radius 1 is 0.698 bits per heavy atom. The Morgan fingerprint density at radius 2 is 1.23 bits per heavy atom. The number of aryl methyl sites for hydroxylation is 4. The molecule has 1 aliphatic rings. The third-order valence-corrected chi connectivity index (χ3v) is 9.97. The molecule has 0 amide bonds. The number of fused-ring (bicyclic) bond motifs is 4. The van der Waals surface area contributed by atoms with Gasteiger partial charge >= 0.3 is 0 Å². The molecule has 0 aromatic heterocycles. The lowest BCUT2D eigenvalue weighted by atomic mass is 9.66. The van der Waals surface area contributed by atoms with E-state index in [4.69, 9.17) is 16.6 Å². The van der Waals surface area contributed by atoms with Gasteiger partial charge in [0.25, 0.3) is 11.3 Å². The fourth-order valence-corrected chi connectivity index (χ4v) is 7.44. The zero-order chi connectivity index (χ0) is 31.0. The summed E-state index contributed by atoms with van der Waals surface area (Å²) in [6, 6.07) is 22.9. The van der Waals surface area contributed by atoms with Gasteiger partial charge in [0.1, 0.15) is 0 Å². The van der Waals surface area contributed by atoms with E-state index in [1.807, 2.05) is 52.0 Å².